The van der Waals surface area contributed by atoms with Gasteiger partial charge in [-0.2, -0.15) is 5.26 Å². The van der Waals surface area contributed by atoms with E-state index in [0.717, 1.165) is 11.1 Å². The van der Waals surface area contributed by atoms with Gasteiger partial charge in [-0.15, -0.1) is 0 Å². The average Bonchev–Trinajstić information content (AvgIpc) is 3.51. The molecule has 2 aliphatic carbocycles. The van der Waals surface area contributed by atoms with E-state index in [-0.39, 0.29) is 0 Å². The van der Waals surface area contributed by atoms with Crippen molar-refractivity contribution >= 4 is 22.1 Å². The Bertz CT molecular complexity index is 2030. The molecule has 5 aromatic rings. The molecule has 198 valence electrons. The lowest BCUT2D eigenvalue weighted by molar-refractivity contribution is 0.794. The first-order chi connectivity index (χ1) is 20.6. The molecule has 0 aliphatic heterocycles. The van der Waals surface area contributed by atoms with Gasteiger partial charge in [-0.1, -0.05) is 128 Å². The van der Waals surface area contributed by atoms with Gasteiger partial charge in [0, 0.05) is 17.7 Å². The van der Waals surface area contributed by atoms with E-state index in [4.69, 9.17) is 10.7 Å². The lowest BCUT2D eigenvalue weighted by Crippen LogP contribution is -2.25. The fourth-order valence-electron chi connectivity index (χ4n) is 6.87. The number of rotatable bonds is 6. The van der Waals surface area contributed by atoms with Crippen LogP contribution in [0.5, 0.6) is 0 Å². The van der Waals surface area contributed by atoms with Crippen molar-refractivity contribution in [3.05, 3.63) is 174 Å². The molecule has 1 spiro atoms. The summed E-state index contributed by atoms with van der Waals surface area (Å²) in [4.78, 5) is 0. The zero-order chi connectivity index (χ0) is 28.8. The number of nitrogens with one attached hydrogen (secondary N) is 1. The van der Waals surface area contributed by atoms with Crippen molar-refractivity contribution < 1.29 is 0 Å². The number of nitrogens with zero attached hydrogens (tertiary/aromatic N) is 1. The van der Waals surface area contributed by atoms with Crippen LogP contribution in [0.15, 0.2) is 146 Å². The van der Waals surface area contributed by atoms with Crippen LogP contribution in [0.3, 0.4) is 0 Å². The Morgan fingerprint density at radius 1 is 0.762 bits per heavy atom. The highest BCUT2D eigenvalue weighted by Crippen LogP contribution is 2.63. The Kier molecular flexibility index (Phi) is 5.96. The smallest absolute Gasteiger partial charge is 0.0988 e. The maximum Gasteiger partial charge on any atom is 0.0988 e. The molecule has 0 fully saturated rings. The van der Waals surface area contributed by atoms with Crippen molar-refractivity contribution in [3.8, 4) is 28.3 Å². The first-order valence-corrected chi connectivity index (χ1v) is 14.1. The molecule has 0 aromatic heterocycles. The van der Waals surface area contributed by atoms with Crippen molar-refractivity contribution in [3.63, 3.8) is 0 Å². The van der Waals surface area contributed by atoms with Gasteiger partial charge in [-0.05, 0) is 78.6 Å². The van der Waals surface area contributed by atoms with Crippen LogP contribution < -0.4 is 0 Å². The third kappa shape index (κ3) is 3.61. The second-order valence-electron chi connectivity index (χ2n) is 10.9. The SMILES string of the molecule is C=C/C(C#N)=C\CC(=N)/C=C\C(=C)c1ccc2c(c1)-c1c(ccc3ccccc13)C21c2ccccc2-c2ccccc21. The predicted octanol–water partition coefficient (Wildman–Crippen LogP) is 9.80. The molecule has 0 unspecified atom stereocenters. The molecule has 2 nitrogen and oxygen atoms in total. The standard InChI is InChI=1S/C40H28N2/c1-3-27(25-41)17-21-30(42)20-16-26(2)29-19-22-37-34(24-29)39-31-11-5-4-10-28(31)18-23-38(39)40(37)35-14-8-6-12-32(35)33-13-7-9-15-36(33)40/h3-20,22-24,42H,1-2,21H2/b20-16-,27-17+,42-30?. The van der Waals surface area contributed by atoms with Gasteiger partial charge in [-0.3, -0.25) is 0 Å². The van der Waals surface area contributed by atoms with E-state index in [1.807, 2.05) is 6.08 Å². The molecular weight excluding hydrogens is 508 g/mol. The van der Waals surface area contributed by atoms with Gasteiger partial charge in [0.1, 0.15) is 0 Å². The molecule has 0 atom stereocenters. The Balaban J connectivity index is 1.41. The zero-order valence-electron chi connectivity index (χ0n) is 23.2. The zero-order valence-corrected chi connectivity index (χ0v) is 23.2. The largest absolute Gasteiger partial charge is 0.305 e. The second-order valence-corrected chi connectivity index (χ2v) is 10.9. The monoisotopic (exact) mass is 536 g/mol. The second kappa shape index (κ2) is 9.84. The molecule has 0 saturated carbocycles. The van der Waals surface area contributed by atoms with E-state index < -0.39 is 5.41 Å². The Hall–Kier alpha value is -5.52. The molecule has 0 amide bonds. The quantitative estimate of drug-likeness (QED) is 0.128. The number of hydrogen-bond acceptors (Lipinski definition) is 2. The van der Waals surface area contributed by atoms with Gasteiger partial charge in [0.2, 0.25) is 0 Å². The van der Waals surface area contributed by atoms with Crippen LogP contribution >= 0.6 is 0 Å². The van der Waals surface area contributed by atoms with Crippen molar-refractivity contribution in [2.75, 3.05) is 0 Å². The first kappa shape index (κ1) is 25.4. The molecule has 42 heavy (non-hydrogen) atoms. The molecule has 7 rings (SSSR count). The van der Waals surface area contributed by atoms with Crippen LogP contribution in [-0.2, 0) is 5.41 Å². The van der Waals surface area contributed by atoms with Gasteiger partial charge in [0.05, 0.1) is 11.5 Å². The number of hydrogen-bond donors (Lipinski definition) is 1. The highest BCUT2D eigenvalue weighted by molar-refractivity contribution is 6.06. The third-order valence-corrected chi connectivity index (χ3v) is 8.73. The summed E-state index contributed by atoms with van der Waals surface area (Å²) in [7, 11) is 0. The molecule has 0 heterocycles. The summed E-state index contributed by atoms with van der Waals surface area (Å²) < 4.78 is 0. The summed E-state index contributed by atoms with van der Waals surface area (Å²) in [6, 6.07) is 39.7. The Morgan fingerprint density at radius 2 is 1.40 bits per heavy atom. The molecule has 2 aliphatic rings. The predicted molar refractivity (Wildman–Crippen MR) is 175 cm³/mol. The minimum atomic E-state index is -0.393. The number of allylic oxidation sites excluding steroid dienone is 6. The molecule has 0 radical (unpaired) electrons. The van der Waals surface area contributed by atoms with Gasteiger partial charge in [-0.25, -0.2) is 0 Å². The summed E-state index contributed by atoms with van der Waals surface area (Å²) in [5, 5.41) is 19.9. The molecule has 5 aromatic carbocycles. The van der Waals surface area contributed by atoms with Gasteiger partial charge >= 0.3 is 0 Å². The van der Waals surface area contributed by atoms with Gasteiger partial charge < -0.3 is 5.41 Å². The van der Waals surface area contributed by atoms with E-state index in [2.05, 4.69) is 122 Å². The summed E-state index contributed by atoms with van der Waals surface area (Å²) in [6.45, 7) is 8.01. The third-order valence-electron chi connectivity index (χ3n) is 8.73. The van der Waals surface area contributed by atoms with Crippen LogP contribution in [-0.4, -0.2) is 5.71 Å². The maximum atomic E-state index is 9.11. The minimum absolute atomic E-state index is 0.365. The maximum absolute atomic E-state index is 9.11. The average molecular weight is 537 g/mol. The summed E-state index contributed by atoms with van der Waals surface area (Å²) >= 11 is 0. The lowest BCUT2D eigenvalue weighted by atomic mass is 9.70. The number of nitriles is 1. The summed E-state index contributed by atoms with van der Waals surface area (Å²) in [5.41, 5.74) is 12.7. The van der Waals surface area contributed by atoms with E-state index in [1.165, 1.54) is 61.4 Å². The van der Waals surface area contributed by atoms with Crippen molar-refractivity contribution in [2.45, 2.75) is 11.8 Å². The normalized spacial score (nSPS) is 13.8. The Morgan fingerprint density at radius 3 is 2.12 bits per heavy atom. The highest BCUT2D eigenvalue weighted by Gasteiger charge is 2.51. The van der Waals surface area contributed by atoms with Crippen molar-refractivity contribution in [1.82, 2.24) is 0 Å². The van der Waals surface area contributed by atoms with Crippen LogP contribution in [0.1, 0.15) is 34.2 Å². The van der Waals surface area contributed by atoms with Gasteiger partial charge in [0.25, 0.3) is 0 Å². The van der Waals surface area contributed by atoms with Crippen LogP contribution in [0, 0.1) is 16.7 Å². The molecular formula is C40H28N2. The minimum Gasteiger partial charge on any atom is -0.305 e. The van der Waals surface area contributed by atoms with Crippen LogP contribution in [0.4, 0.5) is 0 Å². The summed E-state index contributed by atoms with van der Waals surface area (Å²) in [5.74, 6) is 0. The lowest BCUT2D eigenvalue weighted by Gasteiger charge is -2.30. The molecule has 1 N–H and O–H groups in total. The highest BCUT2D eigenvalue weighted by atomic mass is 14.5. The number of fused-ring (bicyclic) bond motifs is 12. The topological polar surface area (TPSA) is 47.6 Å². The fourth-order valence-corrected chi connectivity index (χ4v) is 6.87. The molecule has 0 bridgehead atoms. The van der Waals surface area contributed by atoms with E-state index in [9.17, 15) is 0 Å². The molecule has 2 heteroatoms. The number of benzene rings is 5. The van der Waals surface area contributed by atoms with Gasteiger partial charge in [0.15, 0.2) is 0 Å². The summed E-state index contributed by atoms with van der Waals surface area (Å²) in [6.07, 6.45) is 7.25. The van der Waals surface area contributed by atoms with Crippen molar-refractivity contribution in [2.24, 2.45) is 0 Å². The van der Waals surface area contributed by atoms with E-state index in [1.54, 1.807) is 12.2 Å². The Labute approximate surface area is 246 Å². The fraction of sp³-hybridized carbons (Fsp3) is 0.0500. The van der Waals surface area contributed by atoms with Crippen molar-refractivity contribution in [1.29, 1.82) is 10.7 Å². The van der Waals surface area contributed by atoms with Crippen LogP contribution in [0.25, 0.3) is 38.6 Å². The molecule has 0 saturated heterocycles. The van der Waals surface area contributed by atoms with E-state index in [0.29, 0.717) is 17.7 Å². The first-order valence-electron chi connectivity index (χ1n) is 14.1. The van der Waals surface area contributed by atoms with Crippen LogP contribution in [0.2, 0.25) is 0 Å². The van der Waals surface area contributed by atoms with E-state index >= 15 is 0 Å².